The lowest BCUT2D eigenvalue weighted by molar-refractivity contribution is -0.137. The zero-order chi connectivity index (χ0) is 14.8. The molecule has 0 radical (unpaired) electrons. The van der Waals surface area contributed by atoms with Crippen molar-refractivity contribution in [3.05, 3.63) is 29.3 Å². The van der Waals surface area contributed by atoms with E-state index in [4.69, 9.17) is 11.1 Å². The van der Waals surface area contributed by atoms with E-state index in [2.05, 4.69) is 0 Å². The lowest BCUT2D eigenvalue weighted by Crippen LogP contribution is -2.18. The third kappa shape index (κ3) is 3.69. The number of hydrogen-bond donors (Lipinski definition) is 2. The van der Waals surface area contributed by atoms with Gasteiger partial charge in [-0.1, -0.05) is 12.8 Å². The van der Waals surface area contributed by atoms with Gasteiger partial charge in [0.05, 0.1) is 5.56 Å². The van der Waals surface area contributed by atoms with E-state index in [0.29, 0.717) is 5.92 Å². The van der Waals surface area contributed by atoms with Gasteiger partial charge in [0.1, 0.15) is 5.84 Å². The fourth-order valence-corrected chi connectivity index (χ4v) is 3.60. The predicted octanol–water partition coefficient (Wildman–Crippen LogP) is 4.27. The highest BCUT2D eigenvalue weighted by molar-refractivity contribution is 7.99. The number of halogens is 3. The average Bonchev–Trinajstić information content (AvgIpc) is 2.88. The zero-order valence-corrected chi connectivity index (χ0v) is 11.8. The van der Waals surface area contributed by atoms with Crippen LogP contribution in [0.2, 0.25) is 0 Å². The third-order valence-corrected chi connectivity index (χ3v) is 4.77. The molecule has 1 aliphatic rings. The van der Waals surface area contributed by atoms with Crippen LogP contribution in [0.5, 0.6) is 0 Å². The fraction of sp³-hybridized carbons (Fsp3) is 0.500. The summed E-state index contributed by atoms with van der Waals surface area (Å²) in [6.07, 6.45) is 0.421. The second kappa shape index (κ2) is 6.08. The number of nitrogen functional groups attached to an aromatic ring is 1. The molecule has 0 bridgehead atoms. The monoisotopic (exact) mass is 302 g/mol. The average molecular weight is 302 g/mol. The number of hydrogen-bond acceptors (Lipinski definition) is 2. The molecule has 2 rings (SSSR count). The van der Waals surface area contributed by atoms with Crippen molar-refractivity contribution in [1.82, 2.24) is 0 Å². The summed E-state index contributed by atoms with van der Waals surface area (Å²) in [5.41, 5.74) is 4.21. The fourth-order valence-electron chi connectivity index (χ4n) is 2.47. The molecule has 0 saturated heterocycles. The Morgan fingerprint density at radius 3 is 2.50 bits per heavy atom. The van der Waals surface area contributed by atoms with E-state index < -0.39 is 17.6 Å². The molecule has 0 atom stereocenters. The highest BCUT2D eigenvalue weighted by atomic mass is 32.2. The summed E-state index contributed by atoms with van der Waals surface area (Å²) >= 11 is 1.55. The number of benzene rings is 1. The minimum Gasteiger partial charge on any atom is -0.384 e. The van der Waals surface area contributed by atoms with Gasteiger partial charge >= 0.3 is 6.18 Å². The van der Waals surface area contributed by atoms with E-state index in [9.17, 15) is 13.2 Å². The molecule has 0 aliphatic heterocycles. The second-order valence-corrected chi connectivity index (χ2v) is 6.17. The molecular formula is C14H17F3N2S. The van der Waals surface area contributed by atoms with Crippen molar-refractivity contribution in [1.29, 1.82) is 5.41 Å². The molecule has 20 heavy (non-hydrogen) atoms. The molecule has 1 aliphatic carbocycles. The van der Waals surface area contributed by atoms with Crippen molar-refractivity contribution in [2.45, 2.75) is 36.8 Å². The summed E-state index contributed by atoms with van der Waals surface area (Å²) in [6, 6.07) is 3.87. The lowest BCUT2D eigenvalue weighted by atomic mass is 10.1. The largest absolute Gasteiger partial charge is 0.417 e. The Morgan fingerprint density at radius 2 is 1.95 bits per heavy atom. The Bertz CT molecular complexity index is 494. The molecule has 0 amide bonds. The maximum absolute atomic E-state index is 12.8. The molecule has 1 aromatic rings. The Labute approximate surface area is 120 Å². The first-order valence-electron chi connectivity index (χ1n) is 6.56. The van der Waals surface area contributed by atoms with Crippen LogP contribution in [0, 0.1) is 11.3 Å². The molecule has 1 saturated carbocycles. The van der Waals surface area contributed by atoms with Crippen molar-refractivity contribution in [2.75, 3.05) is 5.75 Å². The van der Waals surface area contributed by atoms with Gasteiger partial charge < -0.3 is 5.73 Å². The number of alkyl halides is 3. The van der Waals surface area contributed by atoms with Crippen molar-refractivity contribution < 1.29 is 13.2 Å². The topological polar surface area (TPSA) is 49.9 Å². The van der Waals surface area contributed by atoms with Crippen LogP contribution in [-0.4, -0.2) is 11.6 Å². The molecule has 0 aromatic heterocycles. The quantitative estimate of drug-likeness (QED) is 0.496. The third-order valence-electron chi connectivity index (χ3n) is 3.55. The Morgan fingerprint density at radius 1 is 1.30 bits per heavy atom. The highest BCUT2D eigenvalue weighted by Gasteiger charge is 2.34. The van der Waals surface area contributed by atoms with Crippen LogP contribution >= 0.6 is 11.8 Å². The molecule has 0 heterocycles. The van der Waals surface area contributed by atoms with Crippen LogP contribution in [0.25, 0.3) is 0 Å². The summed E-state index contributed by atoms with van der Waals surface area (Å²) in [7, 11) is 0. The lowest BCUT2D eigenvalue weighted by Gasteiger charge is -2.14. The maximum Gasteiger partial charge on any atom is 0.417 e. The van der Waals surface area contributed by atoms with Gasteiger partial charge in [0.25, 0.3) is 0 Å². The number of nitrogens with one attached hydrogen (secondary N) is 1. The molecule has 110 valence electrons. The Hall–Kier alpha value is -1.17. The van der Waals surface area contributed by atoms with Gasteiger partial charge in [-0.25, -0.2) is 0 Å². The summed E-state index contributed by atoms with van der Waals surface area (Å²) < 4.78 is 38.4. The molecule has 1 fully saturated rings. The number of nitrogens with two attached hydrogens (primary N) is 1. The number of rotatable bonds is 4. The van der Waals surface area contributed by atoms with Gasteiger partial charge in [0.15, 0.2) is 0 Å². The maximum atomic E-state index is 12.8. The molecule has 3 N–H and O–H groups in total. The summed E-state index contributed by atoms with van der Waals surface area (Å²) in [4.78, 5) is 0.745. The standard InChI is InChI=1S/C14H17F3N2S/c15-14(16,17)12-6-5-10(7-11(12)13(18)19)20-8-9-3-1-2-4-9/h5-7,9H,1-4,8H2,(H3,18,19). The SMILES string of the molecule is N=C(N)c1cc(SCC2CCCC2)ccc1C(F)(F)F. The van der Waals surface area contributed by atoms with Crippen molar-refractivity contribution in [3.63, 3.8) is 0 Å². The molecule has 1 aromatic carbocycles. The van der Waals surface area contributed by atoms with E-state index in [1.807, 2.05) is 0 Å². The van der Waals surface area contributed by atoms with E-state index in [-0.39, 0.29) is 5.56 Å². The van der Waals surface area contributed by atoms with Crippen LogP contribution in [-0.2, 0) is 6.18 Å². The normalized spacial score (nSPS) is 16.6. The van der Waals surface area contributed by atoms with Crippen LogP contribution < -0.4 is 5.73 Å². The minimum atomic E-state index is -4.48. The number of amidine groups is 1. The van der Waals surface area contributed by atoms with Crippen LogP contribution in [0.15, 0.2) is 23.1 Å². The van der Waals surface area contributed by atoms with Gasteiger partial charge in [-0.3, -0.25) is 5.41 Å². The van der Waals surface area contributed by atoms with Crippen LogP contribution in [0.4, 0.5) is 13.2 Å². The smallest absolute Gasteiger partial charge is 0.384 e. The van der Waals surface area contributed by atoms with E-state index in [0.717, 1.165) is 16.7 Å². The minimum absolute atomic E-state index is 0.228. The van der Waals surface area contributed by atoms with E-state index in [1.165, 1.54) is 37.8 Å². The summed E-state index contributed by atoms with van der Waals surface area (Å²) in [5.74, 6) is 1.03. The van der Waals surface area contributed by atoms with Gasteiger partial charge in [-0.2, -0.15) is 13.2 Å². The first-order chi connectivity index (χ1) is 9.38. The first-order valence-corrected chi connectivity index (χ1v) is 7.55. The first kappa shape index (κ1) is 15.2. The van der Waals surface area contributed by atoms with Crippen LogP contribution in [0.3, 0.4) is 0 Å². The highest BCUT2D eigenvalue weighted by Crippen LogP contribution is 2.35. The number of thioether (sulfide) groups is 1. The van der Waals surface area contributed by atoms with Gasteiger partial charge in [0, 0.05) is 16.2 Å². The molecule has 0 unspecified atom stereocenters. The van der Waals surface area contributed by atoms with Gasteiger partial charge in [-0.05, 0) is 37.0 Å². The van der Waals surface area contributed by atoms with Gasteiger partial charge in [0.2, 0.25) is 0 Å². The van der Waals surface area contributed by atoms with Crippen LogP contribution in [0.1, 0.15) is 36.8 Å². The van der Waals surface area contributed by atoms with E-state index >= 15 is 0 Å². The Kier molecular flexibility index (Phi) is 4.62. The van der Waals surface area contributed by atoms with Crippen molar-refractivity contribution in [3.8, 4) is 0 Å². The predicted molar refractivity (Wildman–Crippen MR) is 75.1 cm³/mol. The van der Waals surface area contributed by atoms with Crippen molar-refractivity contribution in [2.24, 2.45) is 11.7 Å². The summed E-state index contributed by atoms with van der Waals surface area (Å²) in [6.45, 7) is 0. The molecular weight excluding hydrogens is 285 g/mol. The Balaban J connectivity index is 2.15. The molecule has 0 spiro atoms. The zero-order valence-electron chi connectivity index (χ0n) is 11.0. The van der Waals surface area contributed by atoms with Gasteiger partial charge in [-0.15, -0.1) is 11.8 Å². The van der Waals surface area contributed by atoms with Crippen molar-refractivity contribution >= 4 is 17.6 Å². The summed E-state index contributed by atoms with van der Waals surface area (Å²) in [5, 5.41) is 7.32. The second-order valence-electron chi connectivity index (χ2n) is 5.08. The molecule has 6 heteroatoms. The van der Waals surface area contributed by atoms with E-state index in [1.54, 1.807) is 11.8 Å². The molecule has 2 nitrogen and oxygen atoms in total.